The summed E-state index contributed by atoms with van der Waals surface area (Å²) in [5.41, 5.74) is 1.55. The van der Waals surface area contributed by atoms with Crippen molar-refractivity contribution in [2.75, 3.05) is 18.6 Å². The van der Waals surface area contributed by atoms with E-state index < -0.39 is 23.6 Å². The molecule has 2 aliphatic rings. The summed E-state index contributed by atoms with van der Waals surface area (Å²) in [7, 11) is 1.44. The van der Waals surface area contributed by atoms with Gasteiger partial charge in [0.2, 0.25) is 0 Å². The van der Waals surface area contributed by atoms with Crippen molar-refractivity contribution >= 4 is 34.7 Å². The summed E-state index contributed by atoms with van der Waals surface area (Å²) in [6, 6.07) is 6.24. The predicted octanol–water partition coefficient (Wildman–Crippen LogP) is 4.33. The Balaban J connectivity index is 1.65. The number of halogens is 2. The number of anilines is 2. The van der Waals surface area contributed by atoms with Crippen LogP contribution in [0.1, 0.15) is 29.8 Å². The molecule has 1 aromatic carbocycles. The van der Waals surface area contributed by atoms with E-state index in [1.54, 1.807) is 24.4 Å². The van der Waals surface area contributed by atoms with E-state index in [1.165, 1.54) is 13.2 Å². The van der Waals surface area contributed by atoms with Crippen molar-refractivity contribution in [2.24, 2.45) is 17.8 Å². The number of nitrogens with zero attached hydrogens (tertiary/aromatic N) is 2. The fourth-order valence-corrected chi connectivity index (χ4v) is 3.60. The number of ketones is 1. The maximum Gasteiger partial charge on any atom is 0.307 e. The molecule has 2 atom stereocenters. The molecule has 1 N–H and O–H groups in total. The maximum atomic E-state index is 13.6. The Morgan fingerprint density at radius 1 is 1.28 bits per heavy atom. The molecule has 4 rings (SSSR count). The lowest BCUT2D eigenvalue weighted by molar-refractivity contribution is -0.138. The highest BCUT2D eigenvalue weighted by Gasteiger charge is 2.49. The van der Waals surface area contributed by atoms with Crippen molar-refractivity contribution in [3.63, 3.8) is 0 Å². The molecule has 2 aliphatic carbocycles. The van der Waals surface area contributed by atoms with Gasteiger partial charge in [0.05, 0.1) is 29.9 Å². The summed E-state index contributed by atoms with van der Waals surface area (Å²) in [4.78, 5) is 30.0. The number of ether oxygens (including phenoxy) is 1. The van der Waals surface area contributed by atoms with E-state index in [0.717, 1.165) is 18.5 Å². The molecule has 8 heteroatoms. The van der Waals surface area contributed by atoms with E-state index in [2.05, 4.69) is 4.98 Å². The standard InChI is InChI=1S/C21H20ClFN2O4/c1-29-18-7-13(9-24-19(18)20(26)14-8-15(14)21(27)28)25(10-11-2-3-11)12-4-5-17(23)16(22)6-12/h4-7,9,11,14-15H,2-3,8,10H2,1H3,(H,27,28)/t14-,15-/m0/s1. The van der Waals surface area contributed by atoms with Gasteiger partial charge in [-0.1, -0.05) is 11.6 Å². The van der Waals surface area contributed by atoms with Gasteiger partial charge in [-0.3, -0.25) is 9.59 Å². The minimum Gasteiger partial charge on any atom is -0.494 e. The van der Waals surface area contributed by atoms with Gasteiger partial charge in [0, 0.05) is 24.2 Å². The summed E-state index contributed by atoms with van der Waals surface area (Å²) in [6.07, 6.45) is 4.12. The first-order chi connectivity index (χ1) is 13.9. The molecule has 152 valence electrons. The van der Waals surface area contributed by atoms with Crippen LogP contribution in [-0.2, 0) is 4.79 Å². The van der Waals surface area contributed by atoms with Crippen LogP contribution >= 0.6 is 11.6 Å². The molecule has 6 nitrogen and oxygen atoms in total. The van der Waals surface area contributed by atoms with Crippen molar-refractivity contribution in [3.8, 4) is 5.75 Å². The Bertz CT molecular complexity index is 979. The Kier molecular flexibility index (Phi) is 5.17. The lowest BCUT2D eigenvalue weighted by Gasteiger charge is -2.25. The van der Waals surface area contributed by atoms with Gasteiger partial charge >= 0.3 is 5.97 Å². The zero-order valence-corrected chi connectivity index (χ0v) is 16.5. The first-order valence-electron chi connectivity index (χ1n) is 9.42. The Morgan fingerprint density at radius 3 is 2.62 bits per heavy atom. The second-order valence-electron chi connectivity index (χ2n) is 7.55. The van der Waals surface area contributed by atoms with E-state index in [4.69, 9.17) is 21.4 Å². The topological polar surface area (TPSA) is 79.7 Å². The van der Waals surface area contributed by atoms with E-state index in [1.807, 2.05) is 4.90 Å². The normalized spacial score (nSPS) is 20.2. The van der Waals surface area contributed by atoms with Crippen molar-refractivity contribution in [1.29, 1.82) is 0 Å². The highest BCUT2D eigenvalue weighted by Crippen LogP contribution is 2.43. The number of hydrogen-bond donors (Lipinski definition) is 1. The van der Waals surface area contributed by atoms with Gasteiger partial charge in [-0.05, 0) is 43.4 Å². The zero-order valence-electron chi connectivity index (χ0n) is 15.8. The molecule has 0 saturated heterocycles. The molecule has 1 aromatic heterocycles. The number of pyridine rings is 1. The fourth-order valence-electron chi connectivity index (χ4n) is 3.43. The van der Waals surface area contributed by atoms with Crippen LogP contribution in [0.25, 0.3) is 0 Å². The second kappa shape index (κ2) is 7.63. The lowest BCUT2D eigenvalue weighted by Crippen LogP contribution is -2.21. The minimum atomic E-state index is -0.970. The Morgan fingerprint density at radius 2 is 2.03 bits per heavy atom. The van der Waals surface area contributed by atoms with Crippen LogP contribution < -0.4 is 9.64 Å². The van der Waals surface area contributed by atoms with E-state index in [0.29, 0.717) is 24.6 Å². The van der Waals surface area contributed by atoms with Gasteiger partial charge in [-0.2, -0.15) is 0 Å². The molecule has 0 radical (unpaired) electrons. The minimum absolute atomic E-state index is 0.0310. The molecule has 2 aromatic rings. The van der Waals surface area contributed by atoms with Crippen LogP contribution in [0.4, 0.5) is 15.8 Å². The third-order valence-corrected chi connectivity index (χ3v) is 5.69. The number of rotatable bonds is 8. The number of carbonyl (C=O) groups excluding carboxylic acids is 1. The summed E-state index contributed by atoms with van der Waals surface area (Å²) in [5.74, 6) is -2.18. The van der Waals surface area contributed by atoms with Crippen molar-refractivity contribution in [3.05, 3.63) is 47.0 Å². The lowest BCUT2D eigenvalue weighted by atomic mass is 10.1. The molecule has 1 heterocycles. The number of carbonyl (C=O) groups is 2. The van der Waals surface area contributed by atoms with Gasteiger partial charge < -0.3 is 14.7 Å². The van der Waals surface area contributed by atoms with Gasteiger partial charge in [-0.15, -0.1) is 0 Å². The molecule has 0 unspecified atom stereocenters. The smallest absolute Gasteiger partial charge is 0.307 e. The zero-order chi connectivity index (χ0) is 20.7. The number of Topliss-reactive ketones (excluding diaryl/α,β-unsaturated/α-hetero) is 1. The van der Waals surface area contributed by atoms with Gasteiger partial charge in [0.15, 0.2) is 5.78 Å². The number of carboxylic acids is 1. The van der Waals surface area contributed by atoms with Crippen molar-refractivity contribution < 1.29 is 23.8 Å². The van der Waals surface area contributed by atoms with Crippen LogP contribution in [0.3, 0.4) is 0 Å². The third kappa shape index (κ3) is 4.05. The monoisotopic (exact) mass is 418 g/mol. The quantitative estimate of drug-likeness (QED) is 0.642. The van der Waals surface area contributed by atoms with Crippen molar-refractivity contribution in [2.45, 2.75) is 19.3 Å². The summed E-state index contributed by atoms with van der Waals surface area (Å²) < 4.78 is 19.0. The molecule has 29 heavy (non-hydrogen) atoms. The Hall–Kier alpha value is -2.67. The first kappa shape index (κ1) is 19.6. The molecule has 0 aliphatic heterocycles. The van der Waals surface area contributed by atoms with Gasteiger partial charge in [0.1, 0.15) is 17.3 Å². The van der Waals surface area contributed by atoms with E-state index in [-0.39, 0.29) is 22.2 Å². The van der Waals surface area contributed by atoms with Crippen LogP contribution in [0.5, 0.6) is 5.75 Å². The fraction of sp³-hybridized carbons (Fsp3) is 0.381. The molecule has 0 spiro atoms. The molecule has 0 amide bonds. The summed E-state index contributed by atoms with van der Waals surface area (Å²) >= 11 is 5.97. The number of hydrogen-bond acceptors (Lipinski definition) is 5. The van der Waals surface area contributed by atoms with E-state index in [9.17, 15) is 14.0 Å². The van der Waals surface area contributed by atoms with Gasteiger partial charge in [-0.25, -0.2) is 9.37 Å². The average Bonchev–Trinajstić information content (AvgIpc) is 3.61. The molecular formula is C21H20ClFN2O4. The van der Waals surface area contributed by atoms with Crippen LogP contribution in [0.15, 0.2) is 30.5 Å². The number of aromatic nitrogens is 1. The van der Waals surface area contributed by atoms with Crippen LogP contribution in [-0.4, -0.2) is 35.5 Å². The summed E-state index contributed by atoms with van der Waals surface area (Å²) in [5, 5.41) is 9.10. The Labute approximate surface area is 172 Å². The third-order valence-electron chi connectivity index (χ3n) is 5.40. The summed E-state index contributed by atoms with van der Waals surface area (Å²) in [6.45, 7) is 0.712. The largest absolute Gasteiger partial charge is 0.494 e. The highest BCUT2D eigenvalue weighted by molar-refractivity contribution is 6.31. The number of methoxy groups -OCH3 is 1. The molecule has 2 saturated carbocycles. The first-order valence-corrected chi connectivity index (χ1v) is 9.80. The predicted molar refractivity (Wildman–Crippen MR) is 105 cm³/mol. The van der Waals surface area contributed by atoms with Gasteiger partial charge in [0.25, 0.3) is 0 Å². The molecule has 0 bridgehead atoms. The maximum absolute atomic E-state index is 13.6. The van der Waals surface area contributed by atoms with E-state index >= 15 is 0 Å². The number of benzene rings is 1. The van der Waals surface area contributed by atoms with Crippen LogP contribution in [0.2, 0.25) is 5.02 Å². The highest BCUT2D eigenvalue weighted by atomic mass is 35.5. The molecular weight excluding hydrogens is 399 g/mol. The average molecular weight is 419 g/mol. The number of carboxylic acid groups (broad SMARTS) is 1. The molecule has 2 fully saturated rings. The van der Waals surface area contributed by atoms with Crippen molar-refractivity contribution in [1.82, 2.24) is 4.98 Å². The second-order valence-corrected chi connectivity index (χ2v) is 7.96. The number of aliphatic carboxylic acids is 1. The SMILES string of the molecule is COc1cc(N(CC2CC2)c2ccc(F)c(Cl)c2)cnc1C(=O)[C@H]1C[C@@H]1C(=O)O. The van der Waals surface area contributed by atoms with Crippen LogP contribution in [0, 0.1) is 23.6 Å².